The Morgan fingerprint density at radius 3 is 1.77 bits per heavy atom. The molecular formula is C12H17N. The van der Waals surface area contributed by atoms with Gasteiger partial charge in [0, 0.05) is 6.04 Å². The highest BCUT2D eigenvalue weighted by atomic mass is 15.0. The Morgan fingerprint density at radius 1 is 0.769 bits per heavy atom. The van der Waals surface area contributed by atoms with Gasteiger partial charge in [-0.15, -0.1) is 0 Å². The molecule has 1 nitrogen and oxygen atoms in total. The van der Waals surface area contributed by atoms with Crippen LogP contribution >= 0.6 is 0 Å². The van der Waals surface area contributed by atoms with Gasteiger partial charge in [-0.25, -0.2) is 0 Å². The summed E-state index contributed by atoms with van der Waals surface area (Å²) in [4.78, 5) is 0. The van der Waals surface area contributed by atoms with Crippen molar-refractivity contribution in [3.8, 4) is 0 Å². The molecule has 70 valence electrons. The van der Waals surface area contributed by atoms with Crippen LogP contribution in [0.1, 0.15) is 12.8 Å². The van der Waals surface area contributed by atoms with Gasteiger partial charge in [0.2, 0.25) is 0 Å². The van der Waals surface area contributed by atoms with Crippen molar-refractivity contribution in [3.05, 3.63) is 0 Å². The summed E-state index contributed by atoms with van der Waals surface area (Å²) in [6.07, 6.45) is 3.27. The van der Waals surface area contributed by atoms with Crippen molar-refractivity contribution >= 4 is 0 Å². The Kier molecular flexibility index (Phi) is 0.793. The maximum Gasteiger partial charge on any atom is 0.0132 e. The third kappa shape index (κ3) is 0.407. The molecule has 0 heterocycles. The molecule has 6 aliphatic rings. The molecule has 6 fully saturated rings. The highest BCUT2D eigenvalue weighted by molar-refractivity contribution is 5.29. The maximum atomic E-state index is 3.64. The molecule has 0 radical (unpaired) electrons. The van der Waals surface area contributed by atoms with Crippen molar-refractivity contribution in [2.45, 2.75) is 18.9 Å². The molecule has 9 atom stereocenters. The number of hydrogen-bond donors (Lipinski definition) is 1. The van der Waals surface area contributed by atoms with E-state index in [9.17, 15) is 0 Å². The standard InChI is InChI=1S/C12H17N/c1-13-12-10-6-2-4-5-3-7(8(4)10)11(12)9(5)6/h4-13H,2-3H2,1H3/t4-,5+,6-,7-,8-,9-,10-,11-,12?/m0/s1. The van der Waals surface area contributed by atoms with E-state index in [0.29, 0.717) is 0 Å². The van der Waals surface area contributed by atoms with Gasteiger partial charge in [0.25, 0.3) is 0 Å². The molecule has 6 aliphatic carbocycles. The molecule has 1 heteroatoms. The zero-order valence-electron chi connectivity index (χ0n) is 8.11. The SMILES string of the molecule is CNC1[C@H]2[C@H]3C[C@H]4[C@H]5C[C@H]([C@H]1[C@@H]53)[C@H]42. The molecule has 13 heavy (non-hydrogen) atoms. The van der Waals surface area contributed by atoms with E-state index in [2.05, 4.69) is 12.4 Å². The monoisotopic (exact) mass is 175 g/mol. The molecule has 6 bridgehead atoms. The Balaban J connectivity index is 1.79. The van der Waals surface area contributed by atoms with Crippen LogP contribution in [-0.2, 0) is 0 Å². The normalized spacial score (nSPS) is 79.6. The molecule has 0 amide bonds. The van der Waals surface area contributed by atoms with Gasteiger partial charge in [-0.05, 0) is 67.2 Å². The Hall–Kier alpha value is -0.0400. The van der Waals surface area contributed by atoms with Gasteiger partial charge >= 0.3 is 0 Å². The first-order valence-electron chi connectivity index (χ1n) is 6.09. The van der Waals surface area contributed by atoms with Crippen LogP contribution in [0.5, 0.6) is 0 Å². The van der Waals surface area contributed by atoms with Crippen LogP contribution < -0.4 is 5.32 Å². The van der Waals surface area contributed by atoms with Crippen LogP contribution in [0, 0.1) is 47.3 Å². The fourth-order valence-corrected chi connectivity index (χ4v) is 7.01. The zero-order valence-corrected chi connectivity index (χ0v) is 8.11. The third-order valence-corrected chi connectivity index (χ3v) is 6.66. The van der Waals surface area contributed by atoms with Crippen molar-refractivity contribution in [1.82, 2.24) is 5.32 Å². The first-order chi connectivity index (χ1) is 6.42. The molecule has 6 saturated carbocycles. The van der Waals surface area contributed by atoms with Gasteiger partial charge < -0.3 is 5.32 Å². The molecular weight excluding hydrogens is 158 g/mol. The first kappa shape index (κ1) is 6.44. The molecule has 0 aromatic rings. The molecule has 0 aromatic heterocycles. The summed E-state index contributed by atoms with van der Waals surface area (Å²) in [5.74, 6) is 9.44. The second-order valence-electron chi connectivity index (χ2n) is 6.25. The molecule has 1 unspecified atom stereocenters. The second-order valence-corrected chi connectivity index (χ2v) is 6.25. The minimum absolute atomic E-state index is 0.947. The lowest BCUT2D eigenvalue weighted by Crippen LogP contribution is -2.31. The minimum atomic E-state index is 0.947. The van der Waals surface area contributed by atoms with E-state index in [4.69, 9.17) is 0 Å². The van der Waals surface area contributed by atoms with E-state index >= 15 is 0 Å². The third-order valence-electron chi connectivity index (χ3n) is 6.66. The lowest BCUT2D eigenvalue weighted by molar-refractivity contribution is 0.132. The number of nitrogens with one attached hydrogen (secondary N) is 1. The van der Waals surface area contributed by atoms with Crippen molar-refractivity contribution in [3.63, 3.8) is 0 Å². The van der Waals surface area contributed by atoms with Gasteiger partial charge in [-0.3, -0.25) is 0 Å². The molecule has 0 spiro atoms. The summed E-state index contributed by atoms with van der Waals surface area (Å²) >= 11 is 0. The fourth-order valence-electron chi connectivity index (χ4n) is 7.01. The summed E-state index contributed by atoms with van der Waals surface area (Å²) in [6, 6.07) is 0.947. The summed E-state index contributed by atoms with van der Waals surface area (Å²) < 4.78 is 0. The average molecular weight is 175 g/mol. The fraction of sp³-hybridized carbons (Fsp3) is 1.00. The number of hydrogen-bond acceptors (Lipinski definition) is 1. The van der Waals surface area contributed by atoms with E-state index in [-0.39, 0.29) is 0 Å². The van der Waals surface area contributed by atoms with Crippen LogP contribution in [-0.4, -0.2) is 13.1 Å². The summed E-state index contributed by atoms with van der Waals surface area (Å²) in [5.41, 5.74) is 0. The smallest absolute Gasteiger partial charge is 0.0132 e. The quantitative estimate of drug-likeness (QED) is 0.634. The predicted octanol–water partition coefficient (Wildman–Crippen LogP) is 1.35. The molecule has 0 aromatic carbocycles. The largest absolute Gasteiger partial charge is 0.316 e. The Bertz CT molecular complexity index is 271. The summed E-state index contributed by atoms with van der Waals surface area (Å²) in [5, 5.41) is 3.64. The summed E-state index contributed by atoms with van der Waals surface area (Å²) in [7, 11) is 2.20. The van der Waals surface area contributed by atoms with E-state index in [1.807, 2.05) is 0 Å². The second kappa shape index (κ2) is 1.60. The van der Waals surface area contributed by atoms with Crippen molar-refractivity contribution in [1.29, 1.82) is 0 Å². The van der Waals surface area contributed by atoms with Crippen molar-refractivity contribution < 1.29 is 0 Å². The van der Waals surface area contributed by atoms with E-state index in [1.165, 1.54) is 35.5 Å². The highest BCUT2D eigenvalue weighted by Crippen LogP contribution is 2.82. The lowest BCUT2D eigenvalue weighted by Gasteiger charge is -2.33. The minimum Gasteiger partial charge on any atom is -0.316 e. The first-order valence-corrected chi connectivity index (χ1v) is 6.09. The lowest BCUT2D eigenvalue weighted by atomic mass is 9.71. The molecule has 0 aliphatic heterocycles. The van der Waals surface area contributed by atoms with Crippen molar-refractivity contribution in [2.24, 2.45) is 47.3 Å². The molecule has 0 saturated heterocycles. The van der Waals surface area contributed by atoms with Gasteiger partial charge in [0.1, 0.15) is 0 Å². The average Bonchev–Trinajstić information content (AvgIpc) is 2.78. The van der Waals surface area contributed by atoms with Gasteiger partial charge in [0.15, 0.2) is 0 Å². The Morgan fingerprint density at radius 2 is 1.31 bits per heavy atom. The van der Waals surface area contributed by atoms with Crippen LogP contribution in [0.25, 0.3) is 0 Å². The van der Waals surface area contributed by atoms with Crippen LogP contribution in [0.4, 0.5) is 0 Å². The van der Waals surface area contributed by atoms with E-state index in [1.54, 1.807) is 12.8 Å². The van der Waals surface area contributed by atoms with E-state index in [0.717, 1.165) is 17.9 Å². The highest BCUT2D eigenvalue weighted by Gasteiger charge is 2.79. The zero-order chi connectivity index (χ0) is 8.32. The molecule has 1 N–H and O–H groups in total. The van der Waals surface area contributed by atoms with Crippen molar-refractivity contribution in [2.75, 3.05) is 7.05 Å². The van der Waals surface area contributed by atoms with Crippen LogP contribution in [0.2, 0.25) is 0 Å². The number of rotatable bonds is 1. The molecule has 6 rings (SSSR count). The van der Waals surface area contributed by atoms with Gasteiger partial charge in [-0.2, -0.15) is 0 Å². The van der Waals surface area contributed by atoms with Crippen LogP contribution in [0.3, 0.4) is 0 Å². The van der Waals surface area contributed by atoms with Gasteiger partial charge in [0.05, 0.1) is 0 Å². The Labute approximate surface area is 79.3 Å². The maximum absolute atomic E-state index is 3.64. The van der Waals surface area contributed by atoms with E-state index < -0.39 is 0 Å². The van der Waals surface area contributed by atoms with Crippen LogP contribution in [0.15, 0.2) is 0 Å². The predicted molar refractivity (Wildman–Crippen MR) is 50.0 cm³/mol. The summed E-state index contributed by atoms with van der Waals surface area (Å²) in [6.45, 7) is 0. The van der Waals surface area contributed by atoms with Gasteiger partial charge in [-0.1, -0.05) is 0 Å². The topological polar surface area (TPSA) is 12.0 Å².